The number of benzene rings is 3. The number of aliphatic hydroxyl groups excluding tert-OH is 2. The minimum Gasteiger partial charge on any atom is -0.492 e. The summed E-state index contributed by atoms with van der Waals surface area (Å²) in [6.07, 6.45) is 4.97. The van der Waals surface area contributed by atoms with Crippen molar-refractivity contribution in [3.63, 3.8) is 0 Å². The van der Waals surface area contributed by atoms with Crippen molar-refractivity contribution in [1.29, 1.82) is 0 Å². The van der Waals surface area contributed by atoms with Gasteiger partial charge in [-0.15, -0.1) is 0 Å². The molecule has 0 radical (unpaired) electrons. The molecule has 2 aromatic heterocycles. The second kappa shape index (κ2) is 18.9. The van der Waals surface area contributed by atoms with Crippen molar-refractivity contribution in [2.75, 3.05) is 39.2 Å². The normalized spacial score (nSPS) is 14.8. The highest BCUT2D eigenvalue weighted by atomic mass is 35.5. The molecule has 3 aromatic carbocycles. The standard InChI is InChI=1S/C43H45Cl2N3O9S/c1-43(26-50,42(51)52)16-15-29-22-37(44)41(48-40(29)56-25-27-21-31(24-47-23-27)58(2,53)54)57-38-14-13-34-33(6-4-7-35(34)38)36-8-3-5-32(39(36)45)28-9-11-30(12-10-28)55-20-18-46-17-19-49/h3-12,21-24,38,46,49-50H,13-20,25-26H2,1-2H3,(H,51,52)/t38-,43-/m0/s1. The molecule has 4 N–H and O–H groups in total. The summed E-state index contributed by atoms with van der Waals surface area (Å²) in [5.41, 5.74) is 5.28. The van der Waals surface area contributed by atoms with Crippen LogP contribution in [0.2, 0.25) is 10.0 Å². The van der Waals surface area contributed by atoms with Gasteiger partial charge in [0, 0.05) is 54.0 Å². The van der Waals surface area contributed by atoms with Crippen LogP contribution in [0, 0.1) is 5.41 Å². The molecular formula is C43H45Cl2N3O9S. The summed E-state index contributed by atoms with van der Waals surface area (Å²) in [7, 11) is -3.52. The molecule has 0 fully saturated rings. The molecule has 0 unspecified atom stereocenters. The Balaban J connectivity index is 1.25. The number of pyridine rings is 2. The topological polar surface area (TPSA) is 177 Å². The van der Waals surface area contributed by atoms with Gasteiger partial charge in [-0.05, 0) is 79.1 Å². The third kappa shape index (κ3) is 10.1. The van der Waals surface area contributed by atoms with Crippen LogP contribution in [0.3, 0.4) is 0 Å². The van der Waals surface area contributed by atoms with E-state index in [-0.39, 0.29) is 47.7 Å². The van der Waals surface area contributed by atoms with E-state index < -0.39 is 33.9 Å². The van der Waals surface area contributed by atoms with Crippen molar-refractivity contribution in [1.82, 2.24) is 15.3 Å². The highest BCUT2D eigenvalue weighted by molar-refractivity contribution is 7.90. The molecule has 2 atom stereocenters. The molecular weight excluding hydrogens is 805 g/mol. The van der Waals surface area contributed by atoms with Crippen molar-refractivity contribution < 1.29 is 42.7 Å². The first-order valence-electron chi connectivity index (χ1n) is 18.7. The van der Waals surface area contributed by atoms with Gasteiger partial charge in [-0.1, -0.05) is 71.7 Å². The lowest BCUT2D eigenvalue weighted by atomic mass is 9.85. The number of aromatic nitrogens is 2. The average molecular weight is 851 g/mol. The van der Waals surface area contributed by atoms with Crippen molar-refractivity contribution in [2.45, 2.75) is 50.2 Å². The molecule has 0 spiro atoms. The Labute approximate surface area is 347 Å². The molecule has 1 aliphatic rings. The SMILES string of the molecule is C[C@@](CO)(CCc1cc(Cl)c(O[C@H]2CCc3c(-c4cccc(-c5ccc(OCCNCCO)cc5)c4Cl)cccc32)nc1OCc1cncc(S(C)(=O)=O)c1)C(=O)O. The zero-order valence-electron chi connectivity index (χ0n) is 32.1. The fourth-order valence-corrected chi connectivity index (χ4v) is 7.88. The molecule has 1 aliphatic carbocycles. The van der Waals surface area contributed by atoms with Gasteiger partial charge in [-0.3, -0.25) is 9.78 Å². The van der Waals surface area contributed by atoms with Crippen LogP contribution in [0.5, 0.6) is 17.5 Å². The first-order chi connectivity index (χ1) is 27.8. The van der Waals surface area contributed by atoms with Gasteiger partial charge >= 0.3 is 5.97 Å². The number of carbonyl (C=O) groups is 1. The van der Waals surface area contributed by atoms with E-state index in [1.165, 1.54) is 25.4 Å². The molecule has 0 saturated heterocycles. The number of carboxylic acid groups (broad SMARTS) is 1. The van der Waals surface area contributed by atoms with E-state index in [4.69, 9.17) is 42.5 Å². The van der Waals surface area contributed by atoms with Crippen LogP contribution in [0.25, 0.3) is 22.3 Å². The van der Waals surface area contributed by atoms with Crippen LogP contribution in [0.15, 0.2) is 90.1 Å². The monoisotopic (exact) mass is 849 g/mol. The highest BCUT2D eigenvalue weighted by Crippen LogP contribution is 2.45. The number of fused-ring (bicyclic) bond motifs is 1. The zero-order chi connectivity index (χ0) is 41.5. The first kappa shape index (κ1) is 42.8. The molecule has 58 heavy (non-hydrogen) atoms. The Hall–Kier alpha value is -4.76. The van der Waals surface area contributed by atoms with Gasteiger partial charge in [-0.25, -0.2) is 8.42 Å². The smallest absolute Gasteiger partial charge is 0.311 e. The van der Waals surface area contributed by atoms with E-state index in [1.807, 2.05) is 60.7 Å². The van der Waals surface area contributed by atoms with E-state index >= 15 is 0 Å². The minimum absolute atomic E-state index is 0.0362. The minimum atomic E-state index is -3.52. The predicted molar refractivity (Wildman–Crippen MR) is 222 cm³/mol. The lowest BCUT2D eigenvalue weighted by Crippen LogP contribution is -2.32. The number of carboxylic acids is 1. The lowest BCUT2D eigenvalue weighted by molar-refractivity contribution is -0.150. The van der Waals surface area contributed by atoms with Crippen molar-refractivity contribution >= 4 is 39.0 Å². The summed E-state index contributed by atoms with van der Waals surface area (Å²) >= 11 is 13.9. The number of nitrogens with zero attached hydrogens (tertiary/aromatic N) is 2. The summed E-state index contributed by atoms with van der Waals surface area (Å²) in [5, 5.41) is 32.4. The van der Waals surface area contributed by atoms with E-state index in [2.05, 4.69) is 15.3 Å². The molecule has 0 bridgehead atoms. The Morgan fingerprint density at radius 1 is 0.948 bits per heavy atom. The predicted octanol–water partition coefficient (Wildman–Crippen LogP) is 7.14. The molecule has 0 saturated carbocycles. The van der Waals surface area contributed by atoms with Gasteiger partial charge < -0.3 is 34.8 Å². The Bertz CT molecular complexity index is 2360. The number of aryl methyl sites for hydroxylation is 1. The maximum Gasteiger partial charge on any atom is 0.311 e. The third-order valence-electron chi connectivity index (χ3n) is 10.1. The van der Waals surface area contributed by atoms with Crippen LogP contribution < -0.4 is 19.5 Å². The number of rotatable bonds is 19. The van der Waals surface area contributed by atoms with E-state index in [1.54, 1.807) is 6.07 Å². The van der Waals surface area contributed by atoms with Gasteiger partial charge in [0.25, 0.3) is 0 Å². The molecule has 0 amide bonds. The molecule has 2 heterocycles. The Morgan fingerprint density at radius 3 is 2.41 bits per heavy atom. The van der Waals surface area contributed by atoms with Gasteiger partial charge in [0.05, 0.1) is 28.5 Å². The number of nitrogens with one attached hydrogen (secondary N) is 1. The van der Waals surface area contributed by atoms with Gasteiger partial charge in [0.1, 0.15) is 30.1 Å². The average Bonchev–Trinajstić information content (AvgIpc) is 3.63. The van der Waals surface area contributed by atoms with Crippen LogP contribution in [0.4, 0.5) is 0 Å². The van der Waals surface area contributed by atoms with Crippen molar-refractivity contribution in [3.8, 4) is 39.8 Å². The third-order valence-corrected chi connectivity index (χ3v) is 11.9. The summed E-state index contributed by atoms with van der Waals surface area (Å²) in [6, 6.07) is 22.8. The van der Waals surface area contributed by atoms with Gasteiger partial charge in [0.15, 0.2) is 9.84 Å². The lowest BCUT2D eigenvalue weighted by Gasteiger charge is -2.23. The number of aliphatic hydroxyl groups is 2. The number of aliphatic carboxylic acids is 1. The molecule has 12 nitrogen and oxygen atoms in total. The quantitative estimate of drug-likeness (QED) is 0.0619. The number of sulfone groups is 1. The van der Waals surface area contributed by atoms with Crippen molar-refractivity contribution in [2.24, 2.45) is 5.41 Å². The Kier molecular flexibility index (Phi) is 13.9. The molecule has 0 aliphatic heterocycles. The van der Waals surface area contributed by atoms with E-state index in [9.17, 15) is 23.4 Å². The summed E-state index contributed by atoms with van der Waals surface area (Å²) in [4.78, 5) is 20.7. The molecule has 15 heteroatoms. The first-order valence-corrected chi connectivity index (χ1v) is 21.4. The number of ether oxygens (including phenoxy) is 3. The van der Waals surface area contributed by atoms with Crippen LogP contribution >= 0.6 is 23.2 Å². The second-order valence-corrected chi connectivity index (χ2v) is 17.2. The fourth-order valence-electron chi connectivity index (χ4n) is 6.71. The van der Waals surface area contributed by atoms with Crippen LogP contribution in [0.1, 0.15) is 48.1 Å². The zero-order valence-corrected chi connectivity index (χ0v) is 34.4. The van der Waals surface area contributed by atoms with Gasteiger partial charge in [0.2, 0.25) is 11.8 Å². The van der Waals surface area contributed by atoms with Crippen LogP contribution in [-0.4, -0.2) is 78.8 Å². The maximum absolute atomic E-state index is 12.2. The summed E-state index contributed by atoms with van der Waals surface area (Å²) in [5.74, 6) is -0.174. The largest absolute Gasteiger partial charge is 0.492 e. The summed E-state index contributed by atoms with van der Waals surface area (Å²) in [6.45, 7) is 2.49. The fraction of sp³-hybridized carbons (Fsp3) is 0.326. The van der Waals surface area contributed by atoms with Crippen molar-refractivity contribution in [3.05, 3.63) is 117 Å². The molecule has 5 aromatic rings. The molecule has 306 valence electrons. The molecule has 6 rings (SSSR count). The number of halogens is 2. The van der Waals surface area contributed by atoms with E-state index in [0.29, 0.717) is 48.7 Å². The highest BCUT2D eigenvalue weighted by Gasteiger charge is 2.33. The number of hydrogen-bond donors (Lipinski definition) is 4. The summed E-state index contributed by atoms with van der Waals surface area (Å²) < 4.78 is 42.8. The van der Waals surface area contributed by atoms with Gasteiger partial charge in [-0.2, -0.15) is 4.98 Å². The second-order valence-electron chi connectivity index (χ2n) is 14.4. The maximum atomic E-state index is 12.2. The van der Waals surface area contributed by atoms with Crippen LogP contribution in [-0.2, 0) is 34.1 Å². The Morgan fingerprint density at radius 2 is 1.69 bits per heavy atom. The van der Waals surface area contributed by atoms with E-state index in [0.717, 1.165) is 45.4 Å². The number of hydrogen-bond acceptors (Lipinski definition) is 11.